The van der Waals surface area contributed by atoms with Gasteiger partial charge in [0.15, 0.2) is 0 Å². The molecule has 0 N–H and O–H groups in total. The van der Waals surface area contributed by atoms with Gasteiger partial charge in [0.05, 0.1) is 0 Å². The van der Waals surface area contributed by atoms with Gasteiger partial charge in [0.2, 0.25) is 0 Å². The van der Waals surface area contributed by atoms with Crippen LogP contribution in [-0.4, -0.2) is 9.97 Å². The minimum atomic E-state index is 0.542. The fourth-order valence-corrected chi connectivity index (χ4v) is 1.88. The van der Waals surface area contributed by atoms with Crippen LogP contribution in [0.15, 0.2) is 6.33 Å². The Balaban J connectivity index is 2.49. The van der Waals surface area contributed by atoms with Crippen LogP contribution in [0.25, 0.3) is 0 Å². The van der Waals surface area contributed by atoms with Crippen LogP contribution >= 0.6 is 0 Å². The van der Waals surface area contributed by atoms with E-state index in [9.17, 15) is 0 Å². The Morgan fingerprint density at radius 3 is 2.83 bits per heavy atom. The first-order chi connectivity index (χ1) is 5.79. The lowest BCUT2D eigenvalue weighted by Crippen LogP contribution is -2.01. The first-order valence-corrected chi connectivity index (χ1v) is 4.61. The first kappa shape index (κ1) is 7.71. The van der Waals surface area contributed by atoms with E-state index >= 15 is 0 Å². The summed E-state index contributed by atoms with van der Waals surface area (Å²) < 4.78 is 0. The first-order valence-electron chi connectivity index (χ1n) is 4.61. The van der Waals surface area contributed by atoms with Crippen molar-refractivity contribution in [2.75, 3.05) is 0 Å². The second-order valence-electron chi connectivity index (χ2n) is 3.69. The van der Waals surface area contributed by atoms with Crippen molar-refractivity contribution in [2.45, 2.75) is 39.0 Å². The maximum absolute atomic E-state index is 4.34. The molecule has 0 bridgehead atoms. The molecule has 1 aromatic rings. The molecular weight excluding hydrogens is 148 g/mol. The molecule has 2 nitrogen and oxygen atoms in total. The van der Waals surface area contributed by atoms with Crippen LogP contribution in [0.4, 0.5) is 0 Å². The van der Waals surface area contributed by atoms with E-state index in [0.29, 0.717) is 5.92 Å². The van der Waals surface area contributed by atoms with E-state index in [-0.39, 0.29) is 0 Å². The van der Waals surface area contributed by atoms with Crippen molar-refractivity contribution in [1.82, 2.24) is 9.97 Å². The van der Waals surface area contributed by atoms with Crippen molar-refractivity contribution in [3.63, 3.8) is 0 Å². The van der Waals surface area contributed by atoms with Gasteiger partial charge in [0.25, 0.3) is 0 Å². The van der Waals surface area contributed by atoms with Gasteiger partial charge < -0.3 is 0 Å². The van der Waals surface area contributed by atoms with Crippen LogP contribution in [0, 0.1) is 0 Å². The molecule has 0 saturated heterocycles. The Morgan fingerprint density at radius 1 is 1.25 bits per heavy atom. The summed E-state index contributed by atoms with van der Waals surface area (Å²) in [7, 11) is 0. The van der Waals surface area contributed by atoms with Gasteiger partial charge in [-0.3, -0.25) is 0 Å². The number of fused-ring (bicyclic) bond motifs is 1. The SMILES string of the molecule is CC(C)c1ncnc2c1CCC2. The van der Waals surface area contributed by atoms with E-state index < -0.39 is 0 Å². The monoisotopic (exact) mass is 162 g/mol. The minimum absolute atomic E-state index is 0.542. The second-order valence-corrected chi connectivity index (χ2v) is 3.69. The van der Waals surface area contributed by atoms with Crippen LogP contribution in [0.5, 0.6) is 0 Å². The molecular formula is C10H14N2. The van der Waals surface area contributed by atoms with Crippen molar-refractivity contribution in [3.05, 3.63) is 23.3 Å². The molecule has 0 saturated carbocycles. The van der Waals surface area contributed by atoms with Crippen molar-refractivity contribution in [1.29, 1.82) is 0 Å². The van der Waals surface area contributed by atoms with Gasteiger partial charge in [-0.05, 0) is 30.7 Å². The summed E-state index contributed by atoms with van der Waals surface area (Å²) in [5, 5.41) is 0. The van der Waals surface area contributed by atoms with Gasteiger partial charge in [-0.25, -0.2) is 9.97 Å². The summed E-state index contributed by atoms with van der Waals surface area (Å²) in [6.07, 6.45) is 5.30. The van der Waals surface area contributed by atoms with E-state index in [1.54, 1.807) is 6.33 Å². The highest BCUT2D eigenvalue weighted by molar-refractivity contribution is 5.30. The highest BCUT2D eigenvalue weighted by atomic mass is 14.9. The Bertz CT molecular complexity index is 292. The van der Waals surface area contributed by atoms with Crippen molar-refractivity contribution in [3.8, 4) is 0 Å². The van der Waals surface area contributed by atoms with Crippen LogP contribution in [0.3, 0.4) is 0 Å². The molecule has 1 heterocycles. The average Bonchev–Trinajstić information content (AvgIpc) is 2.49. The fraction of sp³-hybridized carbons (Fsp3) is 0.600. The van der Waals surface area contributed by atoms with E-state index in [2.05, 4.69) is 23.8 Å². The number of hydrogen-bond acceptors (Lipinski definition) is 2. The summed E-state index contributed by atoms with van der Waals surface area (Å²) in [5.74, 6) is 0.542. The second kappa shape index (κ2) is 2.85. The maximum atomic E-state index is 4.34. The van der Waals surface area contributed by atoms with E-state index in [0.717, 1.165) is 6.42 Å². The number of aryl methyl sites for hydroxylation is 1. The van der Waals surface area contributed by atoms with Gasteiger partial charge >= 0.3 is 0 Å². The molecule has 0 aliphatic heterocycles. The number of nitrogens with zero attached hydrogens (tertiary/aromatic N) is 2. The fourth-order valence-electron chi connectivity index (χ4n) is 1.88. The standard InChI is InChI=1S/C10H14N2/c1-7(2)10-8-4-3-5-9(8)11-6-12-10/h6-7H,3-5H2,1-2H3. The van der Waals surface area contributed by atoms with Crippen LogP contribution in [0.2, 0.25) is 0 Å². The summed E-state index contributed by atoms with van der Waals surface area (Å²) >= 11 is 0. The molecule has 2 heteroatoms. The molecule has 2 rings (SSSR count). The smallest absolute Gasteiger partial charge is 0.115 e. The molecule has 1 aliphatic rings. The molecule has 0 spiro atoms. The molecule has 0 fully saturated rings. The molecule has 0 unspecified atom stereocenters. The van der Waals surface area contributed by atoms with Gasteiger partial charge in [-0.1, -0.05) is 13.8 Å². The minimum Gasteiger partial charge on any atom is -0.241 e. The molecule has 0 radical (unpaired) electrons. The highest BCUT2D eigenvalue weighted by Crippen LogP contribution is 2.25. The van der Waals surface area contributed by atoms with Crippen LogP contribution in [-0.2, 0) is 12.8 Å². The van der Waals surface area contributed by atoms with E-state index in [1.807, 2.05) is 0 Å². The molecule has 64 valence electrons. The Hall–Kier alpha value is -0.920. The van der Waals surface area contributed by atoms with Crippen LogP contribution < -0.4 is 0 Å². The largest absolute Gasteiger partial charge is 0.241 e. The quantitative estimate of drug-likeness (QED) is 0.632. The van der Waals surface area contributed by atoms with Gasteiger partial charge in [-0.15, -0.1) is 0 Å². The van der Waals surface area contributed by atoms with E-state index in [4.69, 9.17) is 0 Å². The number of rotatable bonds is 1. The Labute approximate surface area is 73.1 Å². The molecule has 0 amide bonds. The van der Waals surface area contributed by atoms with Gasteiger partial charge in [0.1, 0.15) is 6.33 Å². The number of aromatic nitrogens is 2. The summed E-state index contributed by atoms with van der Waals surface area (Å²) in [5.41, 5.74) is 3.97. The zero-order chi connectivity index (χ0) is 8.55. The van der Waals surface area contributed by atoms with Crippen molar-refractivity contribution in [2.24, 2.45) is 0 Å². The van der Waals surface area contributed by atoms with Gasteiger partial charge in [0, 0.05) is 11.4 Å². The summed E-state index contributed by atoms with van der Waals surface area (Å²) in [6.45, 7) is 4.39. The molecule has 12 heavy (non-hydrogen) atoms. The Kier molecular flexibility index (Phi) is 1.83. The lowest BCUT2D eigenvalue weighted by Gasteiger charge is -2.08. The zero-order valence-electron chi connectivity index (χ0n) is 7.67. The molecule has 0 atom stereocenters. The normalized spacial score (nSPS) is 15.2. The summed E-state index contributed by atoms with van der Waals surface area (Å²) in [6, 6.07) is 0. The Morgan fingerprint density at radius 2 is 2.08 bits per heavy atom. The summed E-state index contributed by atoms with van der Waals surface area (Å²) in [4.78, 5) is 8.63. The zero-order valence-corrected chi connectivity index (χ0v) is 7.67. The third-order valence-corrected chi connectivity index (χ3v) is 2.46. The molecule has 1 aliphatic carbocycles. The third-order valence-electron chi connectivity index (χ3n) is 2.46. The molecule has 1 aromatic heterocycles. The maximum Gasteiger partial charge on any atom is 0.115 e. The lowest BCUT2D eigenvalue weighted by atomic mass is 10.0. The van der Waals surface area contributed by atoms with Crippen molar-refractivity contribution >= 4 is 0 Å². The predicted octanol–water partition coefficient (Wildman–Crippen LogP) is 2.09. The van der Waals surface area contributed by atoms with Crippen LogP contribution in [0.1, 0.15) is 43.1 Å². The lowest BCUT2D eigenvalue weighted by molar-refractivity contribution is 0.790. The van der Waals surface area contributed by atoms with Crippen molar-refractivity contribution < 1.29 is 0 Å². The topological polar surface area (TPSA) is 25.8 Å². The molecule has 0 aromatic carbocycles. The number of hydrogen-bond donors (Lipinski definition) is 0. The average molecular weight is 162 g/mol. The van der Waals surface area contributed by atoms with E-state index in [1.165, 1.54) is 29.8 Å². The predicted molar refractivity (Wildman–Crippen MR) is 48.1 cm³/mol. The van der Waals surface area contributed by atoms with Gasteiger partial charge in [-0.2, -0.15) is 0 Å². The third kappa shape index (κ3) is 1.11. The highest BCUT2D eigenvalue weighted by Gasteiger charge is 2.17.